The van der Waals surface area contributed by atoms with Gasteiger partial charge in [-0.05, 0) is 18.6 Å². The molecule has 4 nitrogen and oxygen atoms in total. The molecule has 0 amide bonds. The summed E-state index contributed by atoms with van der Waals surface area (Å²) in [5.74, 6) is 0.587. The third-order valence-corrected chi connectivity index (χ3v) is 2.36. The number of fused-ring (bicyclic) bond motifs is 1. The zero-order valence-electron chi connectivity index (χ0n) is 9.40. The van der Waals surface area contributed by atoms with Crippen LogP contribution in [-0.4, -0.2) is 11.6 Å². The Labute approximate surface area is 94.4 Å². The average molecular weight is 220 g/mol. The molecule has 1 heterocycles. The highest BCUT2D eigenvalue weighted by Gasteiger charge is 2.07. The Hall–Kier alpha value is -1.55. The molecule has 2 rings (SSSR count). The smallest absolute Gasteiger partial charge is 0.221 e. The highest BCUT2D eigenvalue weighted by molar-refractivity contribution is 5.85. The predicted molar refractivity (Wildman–Crippen MR) is 63.0 cm³/mol. The lowest BCUT2D eigenvalue weighted by Gasteiger charge is -1.98. The molecule has 0 unspecified atom stereocenters. The average Bonchev–Trinajstić information content (AvgIpc) is 2.69. The monoisotopic (exact) mass is 220 g/mol. The van der Waals surface area contributed by atoms with E-state index >= 15 is 0 Å². The molecule has 4 heteroatoms. The summed E-state index contributed by atoms with van der Waals surface area (Å²) in [4.78, 5) is 4.29. The van der Waals surface area contributed by atoms with E-state index in [-0.39, 0.29) is 0 Å². The van der Waals surface area contributed by atoms with Crippen LogP contribution in [-0.2, 0) is 11.3 Å². The van der Waals surface area contributed by atoms with Crippen LogP contribution in [0.15, 0.2) is 22.6 Å². The molecule has 0 saturated carbocycles. The predicted octanol–water partition coefficient (Wildman–Crippen LogP) is 2.73. The standard InChI is InChI=1S/C12H16N2O2/c1-2-3-7-15-8-11-14-12-9(13)5-4-6-10(12)16-11/h4-6H,2-3,7-8,13H2,1H3. The van der Waals surface area contributed by atoms with Gasteiger partial charge < -0.3 is 14.9 Å². The van der Waals surface area contributed by atoms with Crippen LogP contribution < -0.4 is 5.73 Å². The summed E-state index contributed by atoms with van der Waals surface area (Å²) in [6.45, 7) is 3.28. The first-order valence-electron chi connectivity index (χ1n) is 5.53. The second-order valence-electron chi connectivity index (χ2n) is 3.71. The summed E-state index contributed by atoms with van der Waals surface area (Å²) in [7, 11) is 0. The van der Waals surface area contributed by atoms with Gasteiger partial charge in [0, 0.05) is 6.61 Å². The van der Waals surface area contributed by atoms with Gasteiger partial charge in [-0.25, -0.2) is 4.98 Å². The molecule has 0 aliphatic rings. The third kappa shape index (κ3) is 2.33. The van der Waals surface area contributed by atoms with E-state index in [2.05, 4.69) is 11.9 Å². The van der Waals surface area contributed by atoms with Crippen molar-refractivity contribution in [2.24, 2.45) is 0 Å². The molecule has 0 saturated heterocycles. The molecule has 0 radical (unpaired) electrons. The summed E-state index contributed by atoms with van der Waals surface area (Å²) < 4.78 is 10.9. The van der Waals surface area contributed by atoms with E-state index in [1.807, 2.05) is 18.2 Å². The van der Waals surface area contributed by atoms with E-state index in [4.69, 9.17) is 14.9 Å². The van der Waals surface area contributed by atoms with Gasteiger partial charge >= 0.3 is 0 Å². The van der Waals surface area contributed by atoms with E-state index in [0.717, 1.165) is 25.0 Å². The summed E-state index contributed by atoms with van der Waals surface area (Å²) in [5.41, 5.74) is 7.86. The Morgan fingerprint density at radius 1 is 1.44 bits per heavy atom. The van der Waals surface area contributed by atoms with Crippen LogP contribution in [0, 0.1) is 0 Å². The van der Waals surface area contributed by atoms with E-state index in [1.54, 1.807) is 0 Å². The van der Waals surface area contributed by atoms with Crippen LogP contribution >= 0.6 is 0 Å². The number of hydrogen-bond donors (Lipinski definition) is 1. The summed E-state index contributed by atoms with van der Waals surface area (Å²) in [6.07, 6.45) is 2.18. The quantitative estimate of drug-likeness (QED) is 0.621. The van der Waals surface area contributed by atoms with E-state index < -0.39 is 0 Å². The van der Waals surface area contributed by atoms with E-state index in [9.17, 15) is 0 Å². The normalized spacial score (nSPS) is 11.1. The van der Waals surface area contributed by atoms with Gasteiger partial charge in [0.1, 0.15) is 12.1 Å². The van der Waals surface area contributed by atoms with Crippen molar-refractivity contribution in [2.45, 2.75) is 26.4 Å². The largest absolute Gasteiger partial charge is 0.438 e. The van der Waals surface area contributed by atoms with Gasteiger partial charge in [-0.2, -0.15) is 0 Å². The number of nitrogens with two attached hydrogens (primary N) is 1. The van der Waals surface area contributed by atoms with Crippen molar-refractivity contribution in [3.8, 4) is 0 Å². The lowest BCUT2D eigenvalue weighted by Crippen LogP contribution is -1.95. The molecule has 2 aromatic rings. The number of aromatic nitrogens is 1. The van der Waals surface area contributed by atoms with Crippen molar-refractivity contribution in [3.05, 3.63) is 24.1 Å². The summed E-state index contributed by atoms with van der Waals surface area (Å²) in [5, 5.41) is 0. The minimum atomic E-state index is 0.411. The van der Waals surface area contributed by atoms with Gasteiger partial charge in [-0.1, -0.05) is 19.4 Å². The molecule has 2 N–H and O–H groups in total. The molecule has 0 fully saturated rings. The van der Waals surface area contributed by atoms with Crippen LogP contribution in [0.1, 0.15) is 25.7 Å². The lowest BCUT2D eigenvalue weighted by atomic mass is 10.3. The van der Waals surface area contributed by atoms with Crippen molar-refractivity contribution in [3.63, 3.8) is 0 Å². The van der Waals surface area contributed by atoms with Crippen molar-refractivity contribution in [2.75, 3.05) is 12.3 Å². The van der Waals surface area contributed by atoms with Crippen LogP contribution in [0.5, 0.6) is 0 Å². The van der Waals surface area contributed by atoms with Gasteiger partial charge in [0.25, 0.3) is 0 Å². The molecular formula is C12H16N2O2. The number of nitrogen functional groups attached to an aromatic ring is 1. The Kier molecular flexibility index (Phi) is 3.41. The van der Waals surface area contributed by atoms with E-state index in [0.29, 0.717) is 23.8 Å². The second-order valence-corrected chi connectivity index (χ2v) is 3.71. The summed E-state index contributed by atoms with van der Waals surface area (Å²) >= 11 is 0. The van der Waals surface area contributed by atoms with Crippen LogP contribution in [0.2, 0.25) is 0 Å². The minimum Gasteiger partial charge on any atom is -0.438 e. The van der Waals surface area contributed by atoms with Crippen LogP contribution in [0.25, 0.3) is 11.1 Å². The summed E-state index contributed by atoms with van der Waals surface area (Å²) in [6, 6.07) is 5.52. The molecule has 0 bridgehead atoms. The molecule has 0 aliphatic carbocycles. The second kappa shape index (κ2) is 4.99. The zero-order chi connectivity index (χ0) is 11.4. The van der Waals surface area contributed by atoms with Gasteiger partial charge in [0.05, 0.1) is 5.69 Å². The van der Waals surface area contributed by atoms with Crippen molar-refractivity contribution < 1.29 is 9.15 Å². The highest BCUT2D eigenvalue weighted by atomic mass is 16.5. The number of hydrogen-bond acceptors (Lipinski definition) is 4. The topological polar surface area (TPSA) is 61.3 Å². The molecule has 1 aromatic heterocycles. The number of ether oxygens (including phenoxy) is 1. The number of rotatable bonds is 5. The van der Waals surface area contributed by atoms with Crippen molar-refractivity contribution >= 4 is 16.8 Å². The number of para-hydroxylation sites is 1. The van der Waals surface area contributed by atoms with Crippen molar-refractivity contribution in [1.82, 2.24) is 4.98 Å². The Morgan fingerprint density at radius 3 is 3.06 bits per heavy atom. The Bertz CT molecular complexity index is 465. The zero-order valence-corrected chi connectivity index (χ0v) is 9.40. The van der Waals surface area contributed by atoms with Crippen LogP contribution in [0.4, 0.5) is 5.69 Å². The van der Waals surface area contributed by atoms with Gasteiger partial charge in [-0.15, -0.1) is 0 Å². The number of benzene rings is 1. The van der Waals surface area contributed by atoms with Gasteiger partial charge in [-0.3, -0.25) is 0 Å². The number of nitrogens with zero attached hydrogens (tertiary/aromatic N) is 1. The number of anilines is 1. The fourth-order valence-corrected chi connectivity index (χ4v) is 1.48. The first-order valence-corrected chi connectivity index (χ1v) is 5.53. The lowest BCUT2D eigenvalue weighted by molar-refractivity contribution is 0.101. The van der Waals surface area contributed by atoms with Gasteiger partial charge in [0.2, 0.25) is 5.89 Å². The molecule has 1 aromatic carbocycles. The highest BCUT2D eigenvalue weighted by Crippen LogP contribution is 2.21. The molecule has 0 atom stereocenters. The maximum absolute atomic E-state index is 5.78. The fraction of sp³-hybridized carbons (Fsp3) is 0.417. The minimum absolute atomic E-state index is 0.411. The maximum atomic E-state index is 5.78. The molecule has 0 spiro atoms. The Morgan fingerprint density at radius 2 is 2.31 bits per heavy atom. The first kappa shape index (κ1) is 11.0. The first-order chi connectivity index (χ1) is 7.81. The van der Waals surface area contributed by atoms with Crippen LogP contribution in [0.3, 0.4) is 0 Å². The molecular weight excluding hydrogens is 204 g/mol. The Balaban J connectivity index is 2.05. The number of oxazole rings is 1. The maximum Gasteiger partial charge on any atom is 0.221 e. The van der Waals surface area contributed by atoms with E-state index in [1.165, 1.54) is 0 Å². The number of unbranched alkanes of at least 4 members (excludes halogenated alkanes) is 1. The molecule has 16 heavy (non-hydrogen) atoms. The fourth-order valence-electron chi connectivity index (χ4n) is 1.48. The van der Waals surface area contributed by atoms with Crippen molar-refractivity contribution in [1.29, 1.82) is 0 Å². The molecule has 0 aliphatic heterocycles. The van der Waals surface area contributed by atoms with Gasteiger partial charge in [0.15, 0.2) is 5.58 Å². The SMILES string of the molecule is CCCCOCc1nc2c(N)cccc2o1. The molecule has 86 valence electrons. The third-order valence-electron chi connectivity index (χ3n) is 2.36.